The molecule has 0 aliphatic carbocycles. The Bertz CT molecular complexity index is 1110. The number of pyridine rings is 1. The zero-order valence-electron chi connectivity index (χ0n) is 16.7. The van der Waals surface area contributed by atoms with Gasteiger partial charge in [-0.05, 0) is 38.0 Å². The predicted molar refractivity (Wildman–Crippen MR) is 106 cm³/mol. The van der Waals surface area contributed by atoms with Gasteiger partial charge in [-0.15, -0.1) is 0 Å². The molecule has 0 radical (unpaired) electrons. The third-order valence-electron chi connectivity index (χ3n) is 5.18. The van der Waals surface area contributed by atoms with E-state index in [1.54, 1.807) is 6.92 Å². The van der Waals surface area contributed by atoms with Gasteiger partial charge in [0.25, 0.3) is 0 Å². The molecular weight excluding hydrogens is 392 g/mol. The number of aromatic nitrogens is 3. The number of carbonyl (C=O) groups excluding carboxylic acids is 1. The number of rotatable bonds is 4. The normalized spacial score (nSPS) is 14.8. The standard InChI is InChI=1S/C22H21F2N3O3/c1-12-20(11-30-13(2)28)27-22-19(25-12)10-18(14-5-7-29-8-6-14)26-21(22)16-4-3-15(23)9-17(16)24/h3-4,9-10,14H,5-8,11H2,1-2H3. The lowest BCUT2D eigenvalue weighted by Gasteiger charge is -2.22. The van der Waals surface area contributed by atoms with E-state index in [1.165, 1.54) is 19.1 Å². The molecule has 8 heteroatoms. The third-order valence-corrected chi connectivity index (χ3v) is 5.18. The monoisotopic (exact) mass is 413 g/mol. The summed E-state index contributed by atoms with van der Waals surface area (Å²) in [7, 11) is 0. The van der Waals surface area contributed by atoms with Crippen LogP contribution in [-0.4, -0.2) is 34.1 Å². The van der Waals surface area contributed by atoms with Crippen molar-refractivity contribution in [3.8, 4) is 11.3 Å². The summed E-state index contributed by atoms with van der Waals surface area (Å²) in [6.07, 6.45) is 1.61. The molecule has 0 amide bonds. The molecule has 0 spiro atoms. The molecule has 0 unspecified atom stereocenters. The molecule has 1 aromatic carbocycles. The summed E-state index contributed by atoms with van der Waals surface area (Å²) >= 11 is 0. The number of esters is 1. The van der Waals surface area contributed by atoms with E-state index in [0.717, 1.165) is 24.6 Å². The van der Waals surface area contributed by atoms with Gasteiger partial charge in [-0.2, -0.15) is 0 Å². The van der Waals surface area contributed by atoms with Crippen LogP contribution in [0.1, 0.15) is 42.8 Å². The van der Waals surface area contributed by atoms with Crippen LogP contribution < -0.4 is 0 Å². The lowest BCUT2D eigenvalue weighted by molar-refractivity contribution is -0.142. The van der Waals surface area contributed by atoms with E-state index in [-0.39, 0.29) is 18.1 Å². The van der Waals surface area contributed by atoms with Crippen LogP contribution in [0.15, 0.2) is 24.3 Å². The van der Waals surface area contributed by atoms with Gasteiger partial charge < -0.3 is 9.47 Å². The highest BCUT2D eigenvalue weighted by atomic mass is 19.1. The Kier molecular flexibility index (Phi) is 5.67. The maximum absolute atomic E-state index is 14.7. The Morgan fingerprint density at radius 2 is 1.93 bits per heavy atom. The second-order valence-electron chi connectivity index (χ2n) is 7.31. The van der Waals surface area contributed by atoms with Crippen LogP contribution in [0.5, 0.6) is 0 Å². The highest BCUT2D eigenvalue weighted by Gasteiger charge is 2.22. The maximum Gasteiger partial charge on any atom is 0.303 e. The molecule has 30 heavy (non-hydrogen) atoms. The summed E-state index contributed by atoms with van der Waals surface area (Å²) in [5.74, 6) is -1.67. The van der Waals surface area contributed by atoms with Crippen molar-refractivity contribution in [2.45, 2.75) is 39.2 Å². The molecule has 0 N–H and O–H groups in total. The first kappa shape index (κ1) is 20.3. The van der Waals surface area contributed by atoms with E-state index in [2.05, 4.69) is 9.97 Å². The Hall–Kier alpha value is -3.00. The highest BCUT2D eigenvalue weighted by Crippen LogP contribution is 2.33. The number of nitrogens with zero attached hydrogens (tertiary/aromatic N) is 3. The fraction of sp³-hybridized carbons (Fsp3) is 0.364. The number of benzene rings is 1. The molecule has 1 fully saturated rings. The van der Waals surface area contributed by atoms with Crippen molar-refractivity contribution >= 4 is 17.0 Å². The summed E-state index contributed by atoms with van der Waals surface area (Å²) in [6.45, 7) is 4.31. The molecule has 1 saturated heterocycles. The van der Waals surface area contributed by atoms with Crippen LogP contribution in [0.25, 0.3) is 22.3 Å². The molecule has 156 valence electrons. The van der Waals surface area contributed by atoms with Crippen molar-refractivity contribution in [3.05, 3.63) is 53.0 Å². The Morgan fingerprint density at radius 1 is 1.17 bits per heavy atom. The minimum Gasteiger partial charge on any atom is -0.459 e. The first-order valence-corrected chi connectivity index (χ1v) is 9.77. The number of hydrogen-bond donors (Lipinski definition) is 0. The minimum absolute atomic E-state index is 0.0445. The van der Waals surface area contributed by atoms with Crippen molar-refractivity contribution < 1.29 is 23.0 Å². The van der Waals surface area contributed by atoms with Gasteiger partial charge in [-0.3, -0.25) is 4.79 Å². The van der Waals surface area contributed by atoms with Crippen LogP contribution in [0, 0.1) is 18.6 Å². The molecular formula is C22H21F2N3O3. The minimum atomic E-state index is -0.725. The highest BCUT2D eigenvalue weighted by molar-refractivity contribution is 5.89. The van der Waals surface area contributed by atoms with Crippen LogP contribution in [-0.2, 0) is 20.9 Å². The Labute approximate surface area is 172 Å². The molecule has 0 saturated carbocycles. The van der Waals surface area contributed by atoms with Crippen molar-refractivity contribution in [1.29, 1.82) is 0 Å². The molecule has 1 aliphatic rings. The average molecular weight is 413 g/mol. The number of ether oxygens (including phenoxy) is 2. The summed E-state index contributed by atoms with van der Waals surface area (Å²) in [5, 5.41) is 0. The molecule has 0 bridgehead atoms. The number of aryl methyl sites for hydroxylation is 1. The molecule has 4 rings (SSSR count). The van der Waals surface area contributed by atoms with Gasteiger partial charge in [-0.1, -0.05) is 0 Å². The quantitative estimate of drug-likeness (QED) is 0.596. The fourth-order valence-corrected chi connectivity index (χ4v) is 3.58. The summed E-state index contributed by atoms with van der Waals surface area (Å²) in [4.78, 5) is 25.1. The third kappa shape index (κ3) is 4.14. The van der Waals surface area contributed by atoms with Crippen molar-refractivity contribution in [3.63, 3.8) is 0 Å². The van der Waals surface area contributed by atoms with Gasteiger partial charge in [0.1, 0.15) is 29.5 Å². The smallest absolute Gasteiger partial charge is 0.303 e. The summed E-state index contributed by atoms with van der Waals surface area (Å²) in [5.41, 5.74) is 3.24. The SMILES string of the molecule is CC(=O)OCc1nc2c(-c3ccc(F)cc3F)nc(C3CCOCC3)cc2nc1C. The van der Waals surface area contributed by atoms with Crippen molar-refractivity contribution in [2.24, 2.45) is 0 Å². The van der Waals surface area contributed by atoms with E-state index in [1.807, 2.05) is 6.07 Å². The van der Waals surface area contributed by atoms with Crippen LogP contribution in [0.4, 0.5) is 8.78 Å². The Morgan fingerprint density at radius 3 is 2.63 bits per heavy atom. The lowest BCUT2D eigenvalue weighted by Crippen LogP contribution is -2.16. The van der Waals surface area contributed by atoms with Gasteiger partial charge in [0, 0.05) is 43.4 Å². The summed E-state index contributed by atoms with van der Waals surface area (Å²) in [6, 6.07) is 5.24. The van der Waals surface area contributed by atoms with Gasteiger partial charge >= 0.3 is 5.97 Å². The van der Waals surface area contributed by atoms with Gasteiger partial charge in [-0.25, -0.2) is 23.7 Å². The fourth-order valence-electron chi connectivity index (χ4n) is 3.58. The molecule has 3 aromatic rings. The zero-order valence-corrected chi connectivity index (χ0v) is 16.7. The van der Waals surface area contributed by atoms with Crippen molar-refractivity contribution in [1.82, 2.24) is 15.0 Å². The number of fused-ring (bicyclic) bond motifs is 1. The van der Waals surface area contributed by atoms with E-state index in [4.69, 9.17) is 14.5 Å². The predicted octanol–water partition coefficient (Wildman–Crippen LogP) is 4.24. The maximum atomic E-state index is 14.7. The van der Waals surface area contributed by atoms with Gasteiger partial charge in [0.05, 0.1) is 16.9 Å². The van der Waals surface area contributed by atoms with Gasteiger partial charge in [0.2, 0.25) is 0 Å². The van der Waals surface area contributed by atoms with Crippen LogP contribution >= 0.6 is 0 Å². The first-order valence-electron chi connectivity index (χ1n) is 9.77. The largest absolute Gasteiger partial charge is 0.459 e. The zero-order chi connectivity index (χ0) is 21.3. The van der Waals surface area contributed by atoms with Crippen LogP contribution in [0.2, 0.25) is 0 Å². The lowest BCUT2D eigenvalue weighted by atomic mass is 9.94. The summed E-state index contributed by atoms with van der Waals surface area (Å²) < 4.78 is 38.6. The van der Waals surface area contributed by atoms with E-state index in [0.29, 0.717) is 41.3 Å². The average Bonchev–Trinajstić information content (AvgIpc) is 2.72. The van der Waals surface area contributed by atoms with Crippen LogP contribution in [0.3, 0.4) is 0 Å². The molecule has 1 aliphatic heterocycles. The number of hydrogen-bond acceptors (Lipinski definition) is 6. The first-order chi connectivity index (χ1) is 14.4. The molecule has 2 aromatic heterocycles. The molecule has 0 atom stereocenters. The Balaban J connectivity index is 1.91. The molecule has 3 heterocycles. The second-order valence-corrected chi connectivity index (χ2v) is 7.31. The molecule has 6 nitrogen and oxygen atoms in total. The van der Waals surface area contributed by atoms with E-state index in [9.17, 15) is 13.6 Å². The topological polar surface area (TPSA) is 74.2 Å². The number of halogens is 2. The van der Waals surface area contributed by atoms with E-state index >= 15 is 0 Å². The van der Waals surface area contributed by atoms with Crippen molar-refractivity contribution in [2.75, 3.05) is 13.2 Å². The number of carbonyl (C=O) groups is 1. The van der Waals surface area contributed by atoms with Gasteiger partial charge in [0.15, 0.2) is 0 Å². The second kappa shape index (κ2) is 8.39. The van der Waals surface area contributed by atoms with E-state index < -0.39 is 17.6 Å².